The summed E-state index contributed by atoms with van der Waals surface area (Å²) in [6, 6.07) is 5.31. The Kier molecular flexibility index (Phi) is 7.60. The minimum Gasteiger partial charge on any atom is -0.493 e. The molecule has 14 heteroatoms. The number of carbonyl (C=O) groups excluding carboxylic acids is 3. The molecule has 0 bridgehead atoms. The van der Waals surface area contributed by atoms with Crippen molar-refractivity contribution in [2.24, 2.45) is 0 Å². The molecule has 0 unspecified atom stereocenters. The minimum absolute atomic E-state index is 0.0124. The van der Waals surface area contributed by atoms with E-state index in [1.54, 1.807) is 10.6 Å². The second kappa shape index (κ2) is 10.3. The number of hydrogen-bond acceptors (Lipinski definition) is 8. The zero-order valence-electron chi connectivity index (χ0n) is 20.4. The lowest BCUT2D eigenvalue weighted by atomic mass is 10.1. The second-order valence-electron chi connectivity index (χ2n) is 7.59. The molecule has 3 rings (SSSR count). The number of alkyl halides is 3. The van der Waals surface area contributed by atoms with Crippen LogP contribution >= 0.6 is 0 Å². The third-order valence-electron chi connectivity index (χ3n) is 5.57. The SMILES string of the molecule is COc1cccc(CN2C(=O)N[C@@](NC(=O)c3cc(OC)c(OC)c(OC)c3)(C(F)(F)F)C2=O)c1OC. The van der Waals surface area contributed by atoms with E-state index >= 15 is 0 Å². The fourth-order valence-electron chi connectivity index (χ4n) is 3.77. The molecule has 2 N–H and O–H groups in total. The van der Waals surface area contributed by atoms with E-state index in [9.17, 15) is 27.6 Å². The fourth-order valence-corrected chi connectivity index (χ4v) is 3.77. The average Bonchev–Trinajstić information content (AvgIpc) is 3.12. The molecule has 0 saturated carbocycles. The van der Waals surface area contributed by atoms with Crippen molar-refractivity contribution in [1.29, 1.82) is 0 Å². The summed E-state index contributed by atoms with van der Waals surface area (Å²) >= 11 is 0. The van der Waals surface area contributed by atoms with Gasteiger partial charge in [-0.25, -0.2) is 4.79 Å². The molecule has 1 fully saturated rings. The van der Waals surface area contributed by atoms with E-state index in [2.05, 4.69) is 0 Å². The molecule has 0 spiro atoms. The summed E-state index contributed by atoms with van der Waals surface area (Å²) in [5, 5.41) is 3.24. The number of nitrogens with one attached hydrogen (secondary N) is 2. The summed E-state index contributed by atoms with van der Waals surface area (Å²) in [5.41, 5.74) is -3.90. The maximum atomic E-state index is 14.3. The number of ether oxygens (including phenoxy) is 5. The Bertz CT molecular complexity index is 1200. The van der Waals surface area contributed by atoms with Gasteiger partial charge in [0.05, 0.1) is 42.1 Å². The zero-order valence-corrected chi connectivity index (χ0v) is 20.4. The predicted molar refractivity (Wildman–Crippen MR) is 121 cm³/mol. The van der Waals surface area contributed by atoms with Crippen LogP contribution in [0.3, 0.4) is 0 Å². The summed E-state index contributed by atoms with van der Waals surface area (Å²) in [4.78, 5) is 39.0. The van der Waals surface area contributed by atoms with Crippen LogP contribution in [-0.2, 0) is 11.3 Å². The molecule has 1 heterocycles. The Hall–Kier alpha value is -4.36. The van der Waals surface area contributed by atoms with E-state index in [-0.39, 0.29) is 39.9 Å². The molecule has 0 aliphatic carbocycles. The molecule has 4 amide bonds. The van der Waals surface area contributed by atoms with E-state index in [0.717, 1.165) is 12.1 Å². The van der Waals surface area contributed by atoms with Crippen LogP contribution in [0.2, 0.25) is 0 Å². The molecule has 0 radical (unpaired) electrons. The van der Waals surface area contributed by atoms with Crippen molar-refractivity contribution in [2.45, 2.75) is 18.4 Å². The third-order valence-corrected chi connectivity index (χ3v) is 5.57. The highest BCUT2D eigenvalue weighted by Crippen LogP contribution is 2.40. The van der Waals surface area contributed by atoms with E-state index in [4.69, 9.17) is 23.7 Å². The fraction of sp³-hybridized carbons (Fsp3) is 0.348. The number of methoxy groups -OCH3 is 5. The van der Waals surface area contributed by atoms with E-state index in [1.807, 2.05) is 0 Å². The van der Waals surface area contributed by atoms with E-state index < -0.39 is 36.2 Å². The Morgan fingerprint density at radius 3 is 1.97 bits per heavy atom. The third kappa shape index (κ3) is 4.73. The van der Waals surface area contributed by atoms with Crippen LogP contribution in [0.4, 0.5) is 18.0 Å². The maximum absolute atomic E-state index is 14.3. The van der Waals surface area contributed by atoms with Crippen LogP contribution in [0.25, 0.3) is 0 Å². The number of halogens is 3. The topological polar surface area (TPSA) is 125 Å². The minimum atomic E-state index is -5.41. The first-order valence-corrected chi connectivity index (χ1v) is 10.5. The standard InChI is InChI=1S/C23H24F3N3O8/c1-33-14-8-6-7-12(17(14)36-4)11-29-20(31)22(23(24,25)26,28-21(29)32)27-19(30)13-9-15(34-2)18(37-5)16(10-13)35-3/h6-10H,11H2,1-5H3,(H,27,30)(H,28,32)/t22-/m1/s1. The van der Waals surface area contributed by atoms with Gasteiger partial charge in [-0.3, -0.25) is 19.8 Å². The van der Waals surface area contributed by atoms with Crippen molar-refractivity contribution in [3.8, 4) is 28.7 Å². The molecular formula is C23H24F3N3O8. The molecular weight excluding hydrogens is 503 g/mol. The van der Waals surface area contributed by atoms with Crippen molar-refractivity contribution in [1.82, 2.24) is 15.5 Å². The maximum Gasteiger partial charge on any atom is 0.440 e. The van der Waals surface area contributed by atoms with E-state index in [1.165, 1.54) is 53.7 Å². The molecule has 1 saturated heterocycles. The second-order valence-corrected chi connectivity index (χ2v) is 7.59. The molecule has 2 aromatic rings. The van der Waals surface area contributed by atoms with Crippen molar-refractivity contribution in [2.75, 3.05) is 35.5 Å². The molecule has 1 aliphatic heterocycles. The van der Waals surface area contributed by atoms with Gasteiger partial charge >= 0.3 is 12.2 Å². The van der Waals surface area contributed by atoms with Crippen LogP contribution in [0.5, 0.6) is 28.7 Å². The van der Waals surface area contributed by atoms with Gasteiger partial charge in [0.25, 0.3) is 17.5 Å². The van der Waals surface area contributed by atoms with E-state index in [0.29, 0.717) is 4.90 Å². The van der Waals surface area contributed by atoms with Crippen molar-refractivity contribution < 1.29 is 51.2 Å². The van der Waals surface area contributed by atoms with Crippen LogP contribution < -0.4 is 34.3 Å². The average molecular weight is 527 g/mol. The zero-order chi connectivity index (χ0) is 27.5. The number of urea groups is 1. The van der Waals surface area contributed by atoms with Gasteiger partial charge in [-0.05, 0) is 18.2 Å². The van der Waals surface area contributed by atoms with Gasteiger partial charge in [-0.15, -0.1) is 0 Å². The van der Waals surface area contributed by atoms with Crippen molar-refractivity contribution >= 4 is 17.8 Å². The van der Waals surface area contributed by atoms with Gasteiger partial charge in [-0.2, -0.15) is 13.2 Å². The summed E-state index contributed by atoms with van der Waals surface area (Å²) in [5.74, 6) is -2.65. The highest BCUT2D eigenvalue weighted by molar-refractivity contribution is 6.10. The van der Waals surface area contributed by atoms with Gasteiger partial charge in [-0.1, -0.05) is 12.1 Å². The van der Waals surface area contributed by atoms with Gasteiger partial charge < -0.3 is 29.0 Å². The normalized spacial score (nSPS) is 17.2. The molecule has 1 atom stereocenters. The Balaban J connectivity index is 2.00. The number of rotatable bonds is 9. The molecule has 11 nitrogen and oxygen atoms in total. The lowest BCUT2D eigenvalue weighted by Gasteiger charge is -2.30. The summed E-state index contributed by atoms with van der Waals surface area (Å²) in [7, 11) is 6.45. The molecule has 1 aliphatic rings. The number of amides is 4. The Labute approximate surface area is 209 Å². The highest BCUT2D eigenvalue weighted by Gasteiger charge is 2.68. The number of para-hydroxylation sites is 1. The first-order chi connectivity index (χ1) is 17.5. The van der Waals surface area contributed by atoms with Gasteiger partial charge in [0.2, 0.25) is 5.75 Å². The molecule has 0 aromatic heterocycles. The lowest BCUT2D eigenvalue weighted by Crippen LogP contribution is -2.69. The van der Waals surface area contributed by atoms with Gasteiger partial charge in [0, 0.05) is 11.1 Å². The number of imide groups is 1. The molecule has 2 aromatic carbocycles. The quantitative estimate of drug-likeness (QED) is 0.477. The number of benzene rings is 2. The summed E-state index contributed by atoms with van der Waals surface area (Å²) in [6.07, 6.45) is -5.41. The molecule has 200 valence electrons. The van der Waals surface area contributed by atoms with Crippen LogP contribution in [-0.4, -0.2) is 70.1 Å². The van der Waals surface area contributed by atoms with Gasteiger partial charge in [0.15, 0.2) is 23.0 Å². The van der Waals surface area contributed by atoms with Crippen molar-refractivity contribution in [3.63, 3.8) is 0 Å². The summed E-state index contributed by atoms with van der Waals surface area (Å²) in [6.45, 7) is -0.594. The first-order valence-electron chi connectivity index (χ1n) is 10.5. The van der Waals surface area contributed by atoms with Gasteiger partial charge in [0.1, 0.15) is 0 Å². The number of hydrogen-bond donors (Lipinski definition) is 2. The largest absolute Gasteiger partial charge is 0.493 e. The highest BCUT2D eigenvalue weighted by atomic mass is 19.4. The number of nitrogens with zero attached hydrogens (tertiary/aromatic N) is 1. The Morgan fingerprint density at radius 2 is 1.49 bits per heavy atom. The lowest BCUT2D eigenvalue weighted by molar-refractivity contribution is -0.200. The number of carbonyl (C=O) groups is 3. The van der Waals surface area contributed by atoms with Crippen LogP contribution in [0, 0.1) is 0 Å². The predicted octanol–water partition coefficient (Wildman–Crippen LogP) is 2.47. The molecule has 37 heavy (non-hydrogen) atoms. The van der Waals surface area contributed by atoms with Crippen molar-refractivity contribution in [3.05, 3.63) is 41.5 Å². The van der Waals surface area contributed by atoms with Crippen LogP contribution in [0.15, 0.2) is 30.3 Å². The first kappa shape index (κ1) is 27.2. The monoisotopic (exact) mass is 527 g/mol. The van der Waals surface area contributed by atoms with Crippen LogP contribution in [0.1, 0.15) is 15.9 Å². The smallest absolute Gasteiger partial charge is 0.440 e. The Morgan fingerprint density at radius 1 is 0.919 bits per heavy atom. The summed E-state index contributed by atoms with van der Waals surface area (Å²) < 4.78 is 68.7.